The predicted molar refractivity (Wildman–Crippen MR) is 83.2 cm³/mol. The van der Waals surface area contributed by atoms with Crippen molar-refractivity contribution in [2.24, 2.45) is 11.7 Å². The van der Waals surface area contributed by atoms with Gasteiger partial charge in [-0.05, 0) is 61.4 Å². The lowest BCUT2D eigenvalue weighted by Crippen LogP contribution is -2.13. The molecule has 0 saturated heterocycles. The number of hydrogen-bond donors (Lipinski definition) is 1. The van der Waals surface area contributed by atoms with E-state index in [0.717, 1.165) is 42.3 Å². The normalized spacial score (nSPS) is 14.2. The summed E-state index contributed by atoms with van der Waals surface area (Å²) in [6.45, 7) is 10.0. The highest BCUT2D eigenvalue weighted by Crippen LogP contribution is 2.36. The van der Waals surface area contributed by atoms with E-state index < -0.39 is 0 Å². The van der Waals surface area contributed by atoms with Gasteiger partial charge in [0.05, 0.1) is 6.61 Å². The van der Waals surface area contributed by atoms with E-state index >= 15 is 0 Å². The minimum absolute atomic E-state index is 0.397. The van der Waals surface area contributed by atoms with Crippen LogP contribution in [0, 0.1) is 12.8 Å². The first kappa shape index (κ1) is 16.3. The Morgan fingerprint density at radius 2 is 2.00 bits per heavy atom. The van der Waals surface area contributed by atoms with Crippen LogP contribution in [0.25, 0.3) is 0 Å². The second-order valence-corrected chi connectivity index (χ2v) is 5.74. The summed E-state index contributed by atoms with van der Waals surface area (Å²) >= 11 is 6.27. The molecule has 0 bridgehead atoms. The molecule has 3 heteroatoms. The van der Waals surface area contributed by atoms with Crippen molar-refractivity contribution in [2.75, 3.05) is 13.2 Å². The highest BCUT2D eigenvalue weighted by molar-refractivity contribution is 6.31. The van der Waals surface area contributed by atoms with Gasteiger partial charge in [0.15, 0.2) is 0 Å². The van der Waals surface area contributed by atoms with E-state index in [1.54, 1.807) is 0 Å². The van der Waals surface area contributed by atoms with E-state index in [1.165, 1.54) is 5.56 Å². The highest BCUT2D eigenvalue weighted by atomic mass is 35.5. The Kier molecular flexibility index (Phi) is 6.67. The molecule has 0 aliphatic heterocycles. The van der Waals surface area contributed by atoms with Gasteiger partial charge < -0.3 is 10.5 Å². The van der Waals surface area contributed by atoms with Crippen LogP contribution in [-0.4, -0.2) is 13.2 Å². The number of hydrogen-bond acceptors (Lipinski definition) is 2. The van der Waals surface area contributed by atoms with Crippen LogP contribution in [0.3, 0.4) is 0 Å². The number of nitrogens with two attached hydrogens (primary N) is 1. The topological polar surface area (TPSA) is 35.2 Å². The van der Waals surface area contributed by atoms with Crippen molar-refractivity contribution in [3.8, 4) is 5.75 Å². The van der Waals surface area contributed by atoms with Crippen LogP contribution in [0.4, 0.5) is 0 Å². The monoisotopic (exact) mass is 283 g/mol. The molecule has 0 fully saturated rings. The van der Waals surface area contributed by atoms with E-state index in [1.807, 2.05) is 6.92 Å². The molecular formula is C16H26ClNO. The molecule has 0 amide bonds. The number of halogens is 1. The molecule has 0 spiro atoms. The quantitative estimate of drug-likeness (QED) is 0.798. The van der Waals surface area contributed by atoms with Crippen LogP contribution in [0.1, 0.15) is 50.7 Å². The molecule has 2 N–H and O–H groups in total. The Morgan fingerprint density at radius 1 is 1.32 bits per heavy atom. The van der Waals surface area contributed by atoms with Crippen LogP contribution in [-0.2, 0) is 0 Å². The maximum absolute atomic E-state index is 6.27. The SMILES string of the molecule is CCCOc1cc(C)c(Cl)cc1C(C)C(C)CCN. The summed E-state index contributed by atoms with van der Waals surface area (Å²) in [4.78, 5) is 0. The van der Waals surface area contributed by atoms with Crippen LogP contribution < -0.4 is 10.5 Å². The Hall–Kier alpha value is -0.730. The number of ether oxygens (including phenoxy) is 1. The molecule has 0 aliphatic carbocycles. The van der Waals surface area contributed by atoms with Gasteiger partial charge in [-0.15, -0.1) is 0 Å². The molecule has 2 nitrogen and oxygen atoms in total. The maximum Gasteiger partial charge on any atom is 0.123 e. The Morgan fingerprint density at radius 3 is 2.58 bits per heavy atom. The number of aryl methyl sites for hydroxylation is 1. The van der Waals surface area contributed by atoms with Crippen molar-refractivity contribution in [1.29, 1.82) is 0 Å². The van der Waals surface area contributed by atoms with Gasteiger partial charge in [0, 0.05) is 5.02 Å². The fraction of sp³-hybridized carbons (Fsp3) is 0.625. The lowest BCUT2D eigenvalue weighted by atomic mass is 9.86. The number of benzene rings is 1. The molecule has 0 heterocycles. The second-order valence-electron chi connectivity index (χ2n) is 5.33. The second kappa shape index (κ2) is 7.76. The van der Waals surface area contributed by atoms with Gasteiger partial charge >= 0.3 is 0 Å². The molecule has 19 heavy (non-hydrogen) atoms. The first-order chi connectivity index (χ1) is 9.01. The van der Waals surface area contributed by atoms with Crippen molar-refractivity contribution in [1.82, 2.24) is 0 Å². The molecule has 0 aliphatic rings. The van der Waals surface area contributed by atoms with Gasteiger partial charge in [-0.1, -0.05) is 32.4 Å². The summed E-state index contributed by atoms with van der Waals surface area (Å²) in [5, 5.41) is 0.811. The van der Waals surface area contributed by atoms with Crippen molar-refractivity contribution in [3.05, 3.63) is 28.3 Å². The van der Waals surface area contributed by atoms with Crippen LogP contribution in [0.5, 0.6) is 5.75 Å². The van der Waals surface area contributed by atoms with Crippen molar-refractivity contribution in [2.45, 2.75) is 46.5 Å². The smallest absolute Gasteiger partial charge is 0.123 e. The molecular weight excluding hydrogens is 258 g/mol. The standard InChI is InChI=1S/C16H26ClNO/c1-5-8-19-16-9-12(3)15(17)10-14(16)13(4)11(2)6-7-18/h9-11,13H,5-8,18H2,1-4H3. The first-order valence-corrected chi connectivity index (χ1v) is 7.51. The molecule has 2 unspecified atom stereocenters. The zero-order chi connectivity index (χ0) is 14.4. The zero-order valence-electron chi connectivity index (χ0n) is 12.5. The van der Waals surface area contributed by atoms with Crippen LogP contribution in [0.15, 0.2) is 12.1 Å². The molecule has 1 aromatic rings. The van der Waals surface area contributed by atoms with Crippen molar-refractivity contribution < 1.29 is 4.74 Å². The van der Waals surface area contributed by atoms with E-state index in [0.29, 0.717) is 11.8 Å². The zero-order valence-corrected chi connectivity index (χ0v) is 13.3. The summed E-state index contributed by atoms with van der Waals surface area (Å²) in [6, 6.07) is 4.11. The Bertz CT molecular complexity index is 406. The summed E-state index contributed by atoms with van der Waals surface area (Å²) < 4.78 is 5.88. The lowest BCUT2D eigenvalue weighted by molar-refractivity contribution is 0.308. The third kappa shape index (κ3) is 4.39. The summed E-state index contributed by atoms with van der Waals surface area (Å²) in [5.41, 5.74) is 7.92. The fourth-order valence-electron chi connectivity index (χ4n) is 2.18. The van der Waals surface area contributed by atoms with Gasteiger partial charge in [0.1, 0.15) is 5.75 Å². The Balaban J connectivity index is 3.05. The van der Waals surface area contributed by atoms with Crippen LogP contribution in [0.2, 0.25) is 5.02 Å². The van der Waals surface area contributed by atoms with E-state index in [9.17, 15) is 0 Å². The Labute approximate surface area is 122 Å². The molecule has 0 aromatic heterocycles. The van der Waals surface area contributed by atoms with E-state index in [4.69, 9.17) is 22.1 Å². The molecule has 0 saturated carbocycles. The lowest BCUT2D eigenvalue weighted by Gasteiger charge is -2.23. The summed E-state index contributed by atoms with van der Waals surface area (Å²) in [7, 11) is 0. The third-order valence-corrected chi connectivity index (χ3v) is 4.13. The van der Waals surface area contributed by atoms with Gasteiger partial charge in [-0.25, -0.2) is 0 Å². The minimum atomic E-state index is 0.397. The molecule has 2 atom stereocenters. The molecule has 0 radical (unpaired) electrons. The van der Waals surface area contributed by atoms with E-state index in [2.05, 4.69) is 32.9 Å². The average molecular weight is 284 g/mol. The van der Waals surface area contributed by atoms with Crippen LogP contribution >= 0.6 is 11.6 Å². The van der Waals surface area contributed by atoms with Gasteiger partial charge in [0.2, 0.25) is 0 Å². The largest absolute Gasteiger partial charge is 0.493 e. The van der Waals surface area contributed by atoms with Crippen molar-refractivity contribution >= 4 is 11.6 Å². The van der Waals surface area contributed by atoms with Gasteiger partial charge in [-0.3, -0.25) is 0 Å². The predicted octanol–water partition coefficient (Wildman–Crippen LogP) is 4.53. The first-order valence-electron chi connectivity index (χ1n) is 7.14. The molecule has 108 valence electrons. The fourth-order valence-corrected chi connectivity index (χ4v) is 2.35. The highest BCUT2D eigenvalue weighted by Gasteiger charge is 2.19. The van der Waals surface area contributed by atoms with Gasteiger partial charge in [0.25, 0.3) is 0 Å². The summed E-state index contributed by atoms with van der Waals surface area (Å²) in [6.07, 6.45) is 2.02. The maximum atomic E-state index is 6.27. The summed E-state index contributed by atoms with van der Waals surface area (Å²) in [5.74, 6) is 1.89. The molecule has 1 aromatic carbocycles. The minimum Gasteiger partial charge on any atom is -0.493 e. The number of rotatable bonds is 7. The average Bonchev–Trinajstić information content (AvgIpc) is 2.39. The van der Waals surface area contributed by atoms with Crippen molar-refractivity contribution in [3.63, 3.8) is 0 Å². The molecule has 1 rings (SSSR count). The third-order valence-electron chi connectivity index (χ3n) is 3.72. The van der Waals surface area contributed by atoms with Gasteiger partial charge in [-0.2, -0.15) is 0 Å². The van der Waals surface area contributed by atoms with E-state index in [-0.39, 0.29) is 0 Å².